The van der Waals surface area contributed by atoms with E-state index >= 15 is 0 Å². The summed E-state index contributed by atoms with van der Waals surface area (Å²) in [5.41, 5.74) is 4.85. The molecule has 0 aliphatic rings. The van der Waals surface area contributed by atoms with Gasteiger partial charge in [0.1, 0.15) is 5.82 Å². The van der Waals surface area contributed by atoms with Crippen LogP contribution in [-0.2, 0) is 11.3 Å². The first-order chi connectivity index (χ1) is 7.41. The SMILES string of the molecule is Cc1nccn1CCCNC(=O)C(C)(C)N.Cl.Cl. The number of aromatic nitrogens is 2. The number of amides is 1. The Hall–Kier alpha value is -0.780. The van der Waals surface area contributed by atoms with Gasteiger partial charge in [0.15, 0.2) is 0 Å². The first-order valence-electron chi connectivity index (χ1n) is 5.46. The fraction of sp³-hybridized carbons (Fsp3) is 0.636. The number of nitrogens with two attached hydrogens (primary N) is 1. The van der Waals surface area contributed by atoms with Crippen molar-refractivity contribution in [2.24, 2.45) is 5.73 Å². The molecule has 0 atom stereocenters. The van der Waals surface area contributed by atoms with Crippen LogP contribution in [0.2, 0.25) is 0 Å². The normalized spacial score (nSPS) is 10.2. The van der Waals surface area contributed by atoms with Crippen molar-refractivity contribution in [3.05, 3.63) is 18.2 Å². The maximum atomic E-state index is 11.4. The van der Waals surface area contributed by atoms with Gasteiger partial charge in [-0.3, -0.25) is 4.79 Å². The number of rotatable bonds is 5. The number of hydrogen-bond acceptors (Lipinski definition) is 3. The molecule has 0 aromatic carbocycles. The van der Waals surface area contributed by atoms with Crippen molar-refractivity contribution >= 4 is 30.7 Å². The molecule has 7 heteroatoms. The number of hydrogen-bond donors (Lipinski definition) is 2. The molecular weight excluding hydrogens is 275 g/mol. The highest BCUT2D eigenvalue weighted by Gasteiger charge is 2.20. The Morgan fingerprint density at radius 2 is 2.11 bits per heavy atom. The molecule has 1 aromatic rings. The van der Waals surface area contributed by atoms with Crippen LogP contribution in [0.5, 0.6) is 0 Å². The van der Waals surface area contributed by atoms with Crippen LogP contribution in [0.25, 0.3) is 0 Å². The highest BCUT2D eigenvalue weighted by molar-refractivity contribution is 5.85. The van der Waals surface area contributed by atoms with E-state index in [2.05, 4.69) is 14.9 Å². The van der Waals surface area contributed by atoms with Gasteiger partial charge < -0.3 is 15.6 Å². The molecule has 0 spiro atoms. The lowest BCUT2D eigenvalue weighted by atomic mass is 10.1. The van der Waals surface area contributed by atoms with E-state index in [1.54, 1.807) is 20.0 Å². The molecule has 0 aliphatic heterocycles. The highest BCUT2D eigenvalue weighted by atomic mass is 35.5. The molecule has 1 rings (SSSR count). The Labute approximate surface area is 120 Å². The molecule has 0 saturated carbocycles. The van der Waals surface area contributed by atoms with Crippen LogP contribution in [0, 0.1) is 6.92 Å². The Morgan fingerprint density at radius 1 is 1.50 bits per heavy atom. The summed E-state index contributed by atoms with van der Waals surface area (Å²) >= 11 is 0. The Balaban J connectivity index is 0. The summed E-state index contributed by atoms with van der Waals surface area (Å²) in [6.07, 6.45) is 4.58. The van der Waals surface area contributed by atoms with Gasteiger partial charge in [-0.25, -0.2) is 4.98 Å². The lowest BCUT2D eigenvalue weighted by molar-refractivity contribution is -0.125. The highest BCUT2D eigenvalue weighted by Crippen LogP contribution is 1.98. The third-order valence-corrected chi connectivity index (χ3v) is 2.37. The minimum absolute atomic E-state index is 0. The Bertz CT molecular complexity index is 360. The molecule has 0 fully saturated rings. The van der Waals surface area contributed by atoms with Gasteiger partial charge in [-0.1, -0.05) is 0 Å². The van der Waals surface area contributed by atoms with Crippen molar-refractivity contribution in [1.82, 2.24) is 14.9 Å². The van der Waals surface area contributed by atoms with Gasteiger partial charge in [0, 0.05) is 25.5 Å². The largest absolute Gasteiger partial charge is 0.354 e. The van der Waals surface area contributed by atoms with Gasteiger partial charge >= 0.3 is 0 Å². The molecule has 5 nitrogen and oxygen atoms in total. The van der Waals surface area contributed by atoms with Crippen molar-refractivity contribution in [2.45, 2.75) is 39.3 Å². The number of nitrogens with zero attached hydrogens (tertiary/aromatic N) is 2. The minimum Gasteiger partial charge on any atom is -0.354 e. The Kier molecular flexibility index (Phi) is 9.07. The van der Waals surface area contributed by atoms with Gasteiger partial charge in [0.25, 0.3) is 0 Å². The minimum atomic E-state index is -0.801. The molecule has 0 aliphatic carbocycles. The van der Waals surface area contributed by atoms with Gasteiger partial charge in [0.2, 0.25) is 5.91 Å². The second-order valence-electron chi connectivity index (χ2n) is 4.50. The number of halogens is 2. The van der Waals surface area contributed by atoms with Crippen LogP contribution in [0.3, 0.4) is 0 Å². The van der Waals surface area contributed by atoms with E-state index in [1.165, 1.54) is 0 Å². The van der Waals surface area contributed by atoms with Crippen molar-refractivity contribution in [1.29, 1.82) is 0 Å². The van der Waals surface area contributed by atoms with E-state index < -0.39 is 5.54 Å². The van der Waals surface area contributed by atoms with Crippen LogP contribution in [0.4, 0.5) is 0 Å². The molecule has 0 bridgehead atoms. The second kappa shape index (κ2) is 8.34. The number of aryl methyl sites for hydroxylation is 2. The molecule has 1 amide bonds. The fourth-order valence-corrected chi connectivity index (χ4v) is 1.32. The maximum Gasteiger partial charge on any atom is 0.239 e. The topological polar surface area (TPSA) is 72.9 Å². The average molecular weight is 297 g/mol. The Morgan fingerprint density at radius 3 is 2.56 bits per heavy atom. The van der Waals surface area contributed by atoms with Gasteiger partial charge in [-0.05, 0) is 27.2 Å². The van der Waals surface area contributed by atoms with Crippen LogP contribution in [-0.4, -0.2) is 27.5 Å². The average Bonchev–Trinajstić information content (AvgIpc) is 2.57. The van der Waals surface area contributed by atoms with Crippen LogP contribution in [0.1, 0.15) is 26.1 Å². The fourth-order valence-electron chi connectivity index (χ4n) is 1.32. The van der Waals surface area contributed by atoms with Gasteiger partial charge in [-0.2, -0.15) is 0 Å². The molecule has 18 heavy (non-hydrogen) atoms. The zero-order valence-corrected chi connectivity index (χ0v) is 12.6. The molecule has 106 valence electrons. The second-order valence-corrected chi connectivity index (χ2v) is 4.50. The molecule has 0 unspecified atom stereocenters. The summed E-state index contributed by atoms with van der Waals surface area (Å²) in [5.74, 6) is 0.875. The zero-order valence-electron chi connectivity index (χ0n) is 11.0. The van der Waals surface area contributed by atoms with Crippen molar-refractivity contribution in [3.63, 3.8) is 0 Å². The van der Waals surface area contributed by atoms with Crippen LogP contribution >= 0.6 is 24.8 Å². The first-order valence-corrected chi connectivity index (χ1v) is 5.46. The molecule has 3 N–H and O–H groups in total. The zero-order chi connectivity index (χ0) is 12.2. The molecule has 0 radical (unpaired) electrons. The quantitative estimate of drug-likeness (QED) is 0.804. The van der Waals surface area contributed by atoms with Gasteiger partial charge in [-0.15, -0.1) is 24.8 Å². The summed E-state index contributed by atoms with van der Waals surface area (Å²) in [5, 5.41) is 2.81. The monoisotopic (exact) mass is 296 g/mol. The van der Waals surface area contributed by atoms with E-state index in [0.29, 0.717) is 6.54 Å². The predicted octanol–water partition coefficient (Wildman–Crippen LogP) is 1.28. The van der Waals surface area contributed by atoms with Crippen molar-refractivity contribution in [2.75, 3.05) is 6.54 Å². The standard InChI is InChI=1S/C11H20N4O.2ClH/c1-9-13-6-8-15(9)7-4-5-14-10(16)11(2,3)12;;/h6,8H,4-5,7,12H2,1-3H3,(H,14,16);2*1H. The summed E-state index contributed by atoms with van der Waals surface area (Å²) in [6.45, 7) is 6.85. The predicted molar refractivity (Wildman–Crippen MR) is 77.4 cm³/mol. The third kappa shape index (κ3) is 6.23. The van der Waals surface area contributed by atoms with Crippen molar-refractivity contribution in [3.8, 4) is 0 Å². The van der Waals surface area contributed by atoms with Crippen LogP contribution in [0.15, 0.2) is 12.4 Å². The maximum absolute atomic E-state index is 11.4. The summed E-state index contributed by atoms with van der Waals surface area (Å²) < 4.78 is 2.06. The van der Waals surface area contributed by atoms with E-state index in [9.17, 15) is 4.79 Å². The smallest absolute Gasteiger partial charge is 0.239 e. The molecule has 0 saturated heterocycles. The number of carbonyl (C=O) groups is 1. The van der Waals surface area contributed by atoms with Crippen LogP contribution < -0.4 is 11.1 Å². The number of carbonyl (C=O) groups excluding carboxylic acids is 1. The molecule has 1 heterocycles. The third-order valence-electron chi connectivity index (χ3n) is 2.37. The number of nitrogens with one attached hydrogen (secondary N) is 1. The number of imidazole rings is 1. The van der Waals surface area contributed by atoms with Gasteiger partial charge in [0.05, 0.1) is 5.54 Å². The van der Waals surface area contributed by atoms with E-state index in [4.69, 9.17) is 5.73 Å². The summed E-state index contributed by atoms with van der Waals surface area (Å²) in [7, 11) is 0. The molecule has 1 aromatic heterocycles. The first kappa shape index (κ1) is 19.6. The van der Waals surface area contributed by atoms with E-state index in [0.717, 1.165) is 18.8 Å². The molecular formula is C11H22Cl2N4O. The summed E-state index contributed by atoms with van der Waals surface area (Å²) in [6, 6.07) is 0. The lowest BCUT2D eigenvalue weighted by Crippen LogP contribution is -2.49. The van der Waals surface area contributed by atoms with E-state index in [1.807, 2.05) is 13.1 Å². The summed E-state index contributed by atoms with van der Waals surface area (Å²) in [4.78, 5) is 15.6. The van der Waals surface area contributed by atoms with Crippen molar-refractivity contribution < 1.29 is 4.79 Å². The lowest BCUT2D eigenvalue weighted by Gasteiger charge is -2.17. The van der Waals surface area contributed by atoms with E-state index in [-0.39, 0.29) is 30.7 Å².